The van der Waals surface area contributed by atoms with Crippen molar-refractivity contribution in [2.24, 2.45) is 0 Å². The normalized spacial score (nSPS) is 17.9. The minimum absolute atomic E-state index is 0.190. The molecule has 1 saturated heterocycles. The number of hydrogen-bond donors (Lipinski definition) is 1. The lowest BCUT2D eigenvalue weighted by atomic mass is 10.1. The molecule has 18 heavy (non-hydrogen) atoms. The SMILES string of the molecule is CCCCCCCCC(=O)NN1CCN(C)CC1. The van der Waals surface area contributed by atoms with Crippen LogP contribution in [0.15, 0.2) is 0 Å². The van der Waals surface area contributed by atoms with Gasteiger partial charge in [0.25, 0.3) is 0 Å². The van der Waals surface area contributed by atoms with Gasteiger partial charge in [-0.05, 0) is 13.5 Å². The number of nitrogens with one attached hydrogen (secondary N) is 1. The van der Waals surface area contributed by atoms with Gasteiger partial charge < -0.3 is 4.90 Å². The maximum atomic E-state index is 11.7. The van der Waals surface area contributed by atoms with Crippen LogP contribution in [0.4, 0.5) is 0 Å². The highest BCUT2D eigenvalue weighted by Gasteiger charge is 2.15. The molecule has 1 heterocycles. The number of unbranched alkanes of at least 4 members (excludes halogenated alkanes) is 5. The number of piperazine rings is 1. The predicted molar refractivity (Wildman–Crippen MR) is 75.2 cm³/mol. The van der Waals surface area contributed by atoms with Crippen molar-refractivity contribution in [2.75, 3.05) is 33.2 Å². The van der Waals surface area contributed by atoms with Crippen LogP contribution in [-0.4, -0.2) is 49.0 Å². The summed E-state index contributed by atoms with van der Waals surface area (Å²) in [5.74, 6) is 0.190. The number of carbonyl (C=O) groups is 1. The summed E-state index contributed by atoms with van der Waals surface area (Å²) in [6.45, 7) is 6.19. The number of amides is 1. The smallest absolute Gasteiger partial charge is 0.234 e. The Bertz CT molecular complexity index is 225. The van der Waals surface area contributed by atoms with Gasteiger partial charge in [-0.25, -0.2) is 5.01 Å². The molecule has 1 fully saturated rings. The van der Waals surface area contributed by atoms with Gasteiger partial charge in [-0.1, -0.05) is 39.0 Å². The Morgan fingerprint density at radius 1 is 1.00 bits per heavy atom. The van der Waals surface area contributed by atoms with E-state index in [4.69, 9.17) is 0 Å². The summed E-state index contributed by atoms with van der Waals surface area (Å²) in [6, 6.07) is 0. The summed E-state index contributed by atoms with van der Waals surface area (Å²) in [7, 11) is 2.12. The van der Waals surface area contributed by atoms with Crippen LogP contribution in [0.3, 0.4) is 0 Å². The van der Waals surface area contributed by atoms with E-state index in [1.807, 2.05) is 0 Å². The Labute approximate surface area is 112 Å². The minimum Gasteiger partial charge on any atom is -0.304 e. The molecule has 1 aliphatic heterocycles. The molecule has 1 aliphatic rings. The van der Waals surface area contributed by atoms with Crippen LogP contribution in [-0.2, 0) is 4.79 Å². The highest BCUT2D eigenvalue weighted by atomic mass is 16.2. The number of hydrazine groups is 1. The van der Waals surface area contributed by atoms with Crippen molar-refractivity contribution in [3.05, 3.63) is 0 Å². The molecule has 4 heteroatoms. The second-order valence-electron chi connectivity index (χ2n) is 5.34. The summed E-state index contributed by atoms with van der Waals surface area (Å²) < 4.78 is 0. The van der Waals surface area contributed by atoms with Crippen LogP contribution in [0.2, 0.25) is 0 Å². The van der Waals surface area contributed by atoms with Crippen LogP contribution >= 0.6 is 0 Å². The van der Waals surface area contributed by atoms with Gasteiger partial charge in [0, 0.05) is 32.6 Å². The highest BCUT2D eigenvalue weighted by molar-refractivity contribution is 5.75. The van der Waals surface area contributed by atoms with E-state index in [2.05, 4.69) is 29.3 Å². The summed E-state index contributed by atoms with van der Waals surface area (Å²) in [5, 5.41) is 2.05. The summed E-state index contributed by atoms with van der Waals surface area (Å²) in [4.78, 5) is 14.0. The van der Waals surface area contributed by atoms with Gasteiger partial charge in [0.2, 0.25) is 5.91 Å². The Morgan fingerprint density at radius 2 is 1.61 bits per heavy atom. The zero-order chi connectivity index (χ0) is 13.2. The fourth-order valence-corrected chi connectivity index (χ4v) is 2.22. The van der Waals surface area contributed by atoms with Crippen LogP contribution in [0.25, 0.3) is 0 Å². The molecule has 0 spiro atoms. The number of nitrogens with zero attached hydrogens (tertiary/aromatic N) is 2. The molecule has 0 aromatic rings. The molecule has 0 aliphatic carbocycles. The lowest BCUT2D eigenvalue weighted by molar-refractivity contribution is -0.126. The molecule has 0 aromatic heterocycles. The standard InChI is InChI=1S/C14H29N3O/c1-3-4-5-6-7-8-9-14(18)15-17-12-10-16(2)11-13-17/h3-13H2,1-2H3,(H,15,18). The van der Waals surface area contributed by atoms with Crippen molar-refractivity contribution in [1.29, 1.82) is 0 Å². The van der Waals surface area contributed by atoms with E-state index < -0.39 is 0 Å². The Hall–Kier alpha value is -0.610. The Balaban J connectivity index is 1.97. The average molecular weight is 255 g/mol. The second-order valence-corrected chi connectivity index (χ2v) is 5.34. The Morgan fingerprint density at radius 3 is 2.28 bits per heavy atom. The van der Waals surface area contributed by atoms with Gasteiger partial charge in [-0.3, -0.25) is 10.2 Å². The molecule has 0 unspecified atom stereocenters. The first-order valence-electron chi connectivity index (χ1n) is 7.45. The van der Waals surface area contributed by atoms with E-state index in [1.165, 1.54) is 32.1 Å². The van der Waals surface area contributed by atoms with Gasteiger partial charge in [0.15, 0.2) is 0 Å². The summed E-state index contributed by atoms with van der Waals surface area (Å²) in [6.07, 6.45) is 8.10. The van der Waals surface area contributed by atoms with Crippen molar-refractivity contribution in [2.45, 2.75) is 51.9 Å². The zero-order valence-electron chi connectivity index (χ0n) is 12.1. The molecular weight excluding hydrogens is 226 g/mol. The van der Waals surface area contributed by atoms with Gasteiger partial charge >= 0.3 is 0 Å². The third kappa shape index (κ3) is 6.97. The van der Waals surface area contributed by atoms with Gasteiger partial charge in [-0.15, -0.1) is 0 Å². The van der Waals surface area contributed by atoms with Crippen molar-refractivity contribution in [3.8, 4) is 0 Å². The molecule has 1 amide bonds. The van der Waals surface area contributed by atoms with E-state index in [-0.39, 0.29) is 5.91 Å². The first kappa shape index (κ1) is 15.4. The molecule has 0 radical (unpaired) electrons. The molecule has 4 nitrogen and oxygen atoms in total. The maximum Gasteiger partial charge on any atom is 0.234 e. The van der Waals surface area contributed by atoms with Crippen molar-refractivity contribution in [1.82, 2.24) is 15.3 Å². The van der Waals surface area contributed by atoms with Gasteiger partial charge in [0.05, 0.1) is 0 Å². The van der Waals surface area contributed by atoms with Gasteiger partial charge in [0.1, 0.15) is 0 Å². The van der Waals surface area contributed by atoms with Crippen molar-refractivity contribution in [3.63, 3.8) is 0 Å². The topological polar surface area (TPSA) is 35.6 Å². The summed E-state index contributed by atoms with van der Waals surface area (Å²) >= 11 is 0. The zero-order valence-corrected chi connectivity index (χ0v) is 12.1. The monoisotopic (exact) mass is 255 g/mol. The molecule has 1 rings (SSSR count). The van der Waals surface area contributed by atoms with E-state index in [0.717, 1.165) is 32.6 Å². The lowest BCUT2D eigenvalue weighted by Crippen LogP contribution is -2.52. The van der Waals surface area contributed by atoms with Crippen LogP contribution in [0.5, 0.6) is 0 Å². The van der Waals surface area contributed by atoms with Crippen LogP contribution in [0, 0.1) is 0 Å². The van der Waals surface area contributed by atoms with E-state index in [1.54, 1.807) is 0 Å². The number of rotatable bonds is 8. The number of likely N-dealkylation sites (N-methyl/N-ethyl adjacent to an activating group) is 1. The third-order valence-corrected chi connectivity index (χ3v) is 3.54. The van der Waals surface area contributed by atoms with Gasteiger partial charge in [-0.2, -0.15) is 0 Å². The molecule has 0 bridgehead atoms. The maximum absolute atomic E-state index is 11.7. The predicted octanol–water partition coefficient (Wildman–Crippen LogP) is 2.02. The molecule has 0 aromatic carbocycles. The van der Waals surface area contributed by atoms with E-state index in [0.29, 0.717) is 6.42 Å². The molecular formula is C14H29N3O. The lowest BCUT2D eigenvalue weighted by Gasteiger charge is -2.32. The molecule has 106 valence electrons. The number of hydrogen-bond acceptors (Lipinski definition) is 3. The van der Waals surface area contributed by atoms with E-state index in [9.17, 15) is 4.79 Å². The molecule has 0 saturated carbocycles. The highest BCUT2D eigenvalue weighted by Crippen LogP contribution is 2.07. The molecule has 1 N–H and O–H groups in total. The van der Waals surface area contributed by atoms with Crippen LogP contribution < -0.4 is 5.43 Å². The molecule has 0 atom stereocenters. The number of carbonyl (C=O) groups excluding carboxylic acids is 1. The average Bonchev–Trinajstić information content (AvgIpc) is 2.36. The second kappa shape index (κ2) is 9.34. The van der Waals surface area contributed by atoms with E-state index >= 15 is 0 Å². The fraction of sp³-hybridized carbons (Fsp3) is 0.929. The Kier molecular flexibility index (Phi) is 8.01. The fourth-order valence-electron chi connectivity index (χ4n) is 2.22. The largest absolute Gasteiger partial charge is 0.304 e. The third-order valence-electron chi connectivity index (χ3n) is 3.54. The van der Waals surface area contributed by atoms with Crippen molar-refractivity contribution < 1.29 is 4.79 Å². The summed E-state index contributed by atoms with van der Waals surface area (Å²) in [5.41, 5.74) is 3.01. The first-order valence-corrected chi connectivity index (χ1v) is 7.45. The van der Waals surface area contributed by atoms with Crippen LogP contribution in [0.1, 0.15) is 51.9 Å². The first-order chi connectivity index (χ1) is 8.72. The van der Waals surface area contributed by atoms with Crippen molar-refractivity contribution >= 4 is 5.91 Å². The quantitative estimate of drug-likeness (QED) is 0.674. The minimum atomic E-state index is 0.190.